The number of piperazine rings is 1. The number of anilines is 3. The monoisotopic (exact) mass is 569 g/mol. The van der Waals surface area contributed by atoms with Gasteiger partial charge in [-0.25, -0.2) is 9.50 Å². The third-order valence-electron chi connectivity index (χ3n) is 7.82. The summed E-state index contributed by atoms with van der Waals surface area (Å²) in [6, 6.07) is 13.9. The second kappa shape index (κ2) is 12.7. The second-order valence-corrected chi connectivity index (χ2v) is 11.1. The van der Waals surface area contributed by atoms with Gasteiger partial charge >= 0.3 is 0 Å². The van der Waals surface area contributed by atoms with E-state index in [1.165, 1.54) is 6.33 Å². The smallest absolute Gasteiger partial charge is 0.253 e. The normalized spacial score (nSPS) is 14.6. The molecule has 0 unspecified atom stereocenters. The molecule has 0 saturated carbocycles. The molecule has 1 aliphatic heterocycles. The Hall–Kier alpha value is -4.28. The van der Waals surface area contributed by atoms with E-state index < -0.39 is 0 Å². The number of amides is 1. The van der Waals surface area contributed by atoms with Gasteiger partial charge in [0.2, 0.25) is 0 Å². The van der Waals surface area contributed by atoms with Crippen LogP contribution in [-0.4, -0.2) is 84.2 Å². The van der Waals surface area contributed by atoms with Crippen LogP contribution in [0, 0.1) is 13.8 Å². The van der Waals surface area contributed by atoms with Crippen molar-refractivity contribution in [3.05, 3.63) is 82.8 Å². The van der Waals surface area contributed by atoms with Crippen LogP contribution in [0.25, 0.3) is 5.52 Å². The minimum atomic E-state index is -0.200. The first-order valence-electron chi connectivity index (χ1n) is 14.3. The fourth-order valence-corrected chi connectivity index (χ4v) is 5.35. The molecule has 1 fully saturated rings. The first-order valence-corrected chi connectivity index (χ1v) is 14.3. The Morgan fingerprint density at radius 3 is 2.62 bits per heavy atom. The number of carbonyl (C=O) groups excluding carboxylic acids is 2. The third kappa shape index (κ3) is 6.45. The Labute approximate surface area is 246 Å². The van der Waals surface area contributed by atoms with Crippen molar-refractivity contribution in [2.24, 2.45) is 0 Å². The molecule has 10 heteroatoms. The van der Waals surface area contributed by atoms with E-state index in [9.17, 15) is 9.59 Å². The summed E-state index contributed by atoms with van der Waals surface area (Å²) in [6.45, 7) is 10.2. The molecule has 1 amide bonds. The quantitative estimate of drug-likeness (QED) is 0.276. The summed E-state index contributed by atoms with van der Waals surface area (Å²) in [5.41, 5.74) is 6.49. The molecular formula is C32H39N7O3. The summed E-state index contributed by atoms with van der Waals surface area (Å²) in [7, 11) is 3.75. The third-order valence-corrected chi connectivity index (χ3v) is 7.82. The van der Waals surface area contributed by atoms with Crippen molar-refractivity contribution in [1.29, 1.82) is 0 Å². The van der Waals surface area contributed by atoms with Crippen molar-refractivity contribution in [3.8, 4) is 0 Å². The average molecular weight is 570 g/mol. The molecule has 1 saturated heterocycles. The minimum absolute atomic E-state index is 0.0458. The predicted molar refractivity (Wildman–Crippen MR) is 165 cm³/mol. The number of hydrogen-bond donors (Lipinski definition) is 2. The van der Waals surface area contributed by atoms with Gasteiger partial charge < -0.3 is 25.2 Å². The number of hydrogen-bond acceptors (Lipinski definition) is 8. The number of methoxy groups -OCH3 is 1. The standard InChI is InChI=1S/C32H39N7O3/c1-21-9-10-25(29(40)16-24-7-6-8-26(15-24)38-13-11-37(4)12-14-38)17-28(21)36-31-30-23(3)27(18-39(30)34-20-33-31)32(41)35-22(2)19-42-5/h6-10,15,17-18,20,22H,11-14,16,19H2,1-5H3,(H,35,41)(H,33,34,36)/t22-/m0/s1. The van der Waals surface area contributed by atoms with Gasteiger partial charge in [-0.05, 0) is 62.7 Å². The van der Waals surface area contributed by atoms with Crippen LogP contribution in [-0.2, 0) is 11.2 Å². The zero-order valence-corrected chi connectivity index (χ0v) is 25.0. The highest BCUT2D eigenvalue weighted by atomic mass is 16.5. The van der Waals surface area contributed by atoms with E-state index in [-0.39, 0.29) is 17.7 Å². The van der Waals surface area contributed by atoms with Gasteiger partial charge in [0.15, 0.2) is 11.6 Å². The summed E-state index contributed by atoms with van der Waals surface area (Å²) in [6.07, 6.45) is 3.47. The molecule has 0 spiro atoms. The molecule has 1 atom stereocenters. The first-order chi connectivity index (χ1) is 20.2. The van der Waals surface area contributed by atoms with Gasteiger partial charge in [0.1, 0.15) is 11.8 Å². The van der Waals surface area contributed by atoms with Gasteiger partial charge in [-0.3, -0.25) is 9.59 Å². The summed E-state index contributed by atoms with van der Waals surface area (Å²) in [5.74, 6) is 0.400. The van der Waals surface area contributed by atoms with Crippen molar-refractivity contribution in [2.75, 3.05) is 57.2 Å². The maximum Gasteiger partial charge on any atom is 0.253 e. The summed E-state index contributed by atoms with van der Waals surface area (Å²) in [5, 5.41) is 10.7. The number of ether oxygens (including phenoxy) is 1. The molecule has 0 radical (unpaired) electrons. The molecule has 4 aromatic rings. The molecule has 2 aromatic carbocycles. The van der Waals surface area contributed by atoms with Crippen molar-refractivity contribution < 1.29 is 14.3 Å². The first kappa shape index (κ1) is 29.2. The van der Waals surface area contributed by atoms with Crippen LogP contribution in [0.2, 0.25) is 0 Å². The Bertz CT molecular complexity index is 1590. The van der Waals surface area contributed by atoms with Crippen LogP contribution in [0.1, 0.15) is 44.3 Å². The lowest BCUT2D eigenvalue weighted by Gasteiger charge is -2.34. The Morgan fingerprint density at radius 1 is 1.07 bits per heavy atom. The number of rotatable bonds is 10. The van der Waals surface area contributed by atoms with E-state index >= 15 is 0 Å². The molecular weight excluding hydrogens is 530 g/mol. The lowest BCUT2D eigenvalue weighted by atomic mass is 10.0. The fraction of sp³-hybridized carbons (Fsp3) is 0.375. The molecule has 5 rings (SSSR count). The molecule has 0 bridgehead atoms. The Morgan fingerprint density at radius 2 is 1.86 bits per heavy atom. The molecule has 42 heavy (non-hydrogen) atoms. The number of aryl methyl sites for hydroxylation is 2. The highest BCUT2D eigenvalue weighted by molar-refractivity contribution is 6.00. The zero-order chi connectivity index (χ0) is 29.8. The van der Waals surface area contributed by atoms with E-state index in [4.69, 9.17) is 4.74 Å². The molecule has 0 aliphatic carbocycles. The van der Waals surface area contributed by atoms with E-state index in [2.05, 4.69) is 49.7 Å². The number of ketones is 1. The average Bonchev–Trinajstić information content (AvgIpc) is 3.32. The topological polar surface area (TPSA) is 104 Å². The van der Waals surface area contributed by atoms with Gasteiger partial charge in [0.05, 0.1) is 12.2 Å². The number of nitrogens with zero attached hydrogens (tertiary/aromatic N) is 5. The number of likely N-dealkylation sites (N-methyl/N-ethyl adjacent to an activating group) is 1. The van der Waals surface area contributed by atoms with Gasteiger partial charge in [0.25, 0.3) is 5.91 Å². The summed E-state index contributed by atoms with van der Waals surface area (Å²) >= 11 is 0. The number of fused-ring (bicyclic) bond motifs is 1. The van der Waals surface area contributed by atoms with Crippen LogP contribution in [0.4, 0.5) is 17.2 Å². The fourth-order valence-electron chi connectivity index (χ4n) is 5.35. The summed E-state index contributed by atoms with van der Waals surface area (Å²) in [4.78, 5) is 35.5. The SMILES string of the molecule is COC[C@H](C)NC(=O)c1cn2ncnc(Nc3cc(C(=O)Cc4cccc(N5CCN(C)CC5)c4)ccc3C)c2c1C. The number of carbonyl (C=O) groups is 2. The highest BCUT2D eigenvalue weighted by Gasteiger charge is 2.20. The van der Waals surface area contributed by atoms with Crippen LogP contribution >= 0.6 is 0 Å². The maximum absolute atomic E-state index is 13.4. The van der Waals surface area contributed by atoms with Gasteiger partial charge in [-0.15, -0.1) is 0 Å². The molecule has 220 valence electrons. The largest absolute Gasteiger partial charge is 0.383 e. The minimum Gasteiger partial charge on any atom is -0.383 e. The molecule has 2 N–H and O–H groups in total. The number of benzene rings is 2. The van der Waals surface area contributed by atoms with Gasteiger partial charge in [-0.2, -0.15) is 5.10 Å². The van der Waals surface area contributed by atoms with E-state index in [0.29, 0.717) is 35.5 Å². The molecule has 3 heterocycles. The van der Waals surface area contributed by atoms with Crippen LogP contribution in [0.3, 0.4) is 0 Å². The van der Waals surface area contributed by atoms with Crippen molar-refractivity contribution in [3.63, 3.8) is 0 Å². The maximum atomic E-state index is 13.4. The lowest BCUT2D eigenvalue weighted by Crippen LogP contribution is -2.44. The van der Waals surface area contributed by atoms with E-state index in [1.54, 1.807) is 17.8 Å². The Balaban J connectivity index is 1.35. The summed E-state index contributed by atoms with van der Waals surface area (Å²) < 4.78 is 6.79. The molecule has 10 nitrogen and oxygen atoms in total. The van der Waals surface area contributed by atoms with Crippen molar-refractivity contribution in [2.45, 2.75) is 33.2 Å². The van der Waals surface area contributed by atoms with Gasteiger partial charge in [-0.1, -0.05) is 24.3 Å². The lowest BCUT2D eigenvalue weighted by molar-refractivity contribution is 0.0904. The number of aromatic nitrogens is 3. The zero-order valence-electron chi connectivity index (χ0n) is 25.0. The number of nitrogens with one attached hydrogen (secondary N) is 2. The Kier molecular flexibility index (Phi) is 8.84. The predicted octanol–water partition coefficient (Wildman–Crippen LogP) is 4.03. The van der Waals surface area contributed by atoms with Crippen LogP contribution in [0.15, 0.2) is 55.0 Å². The molecule has 1 aliphatic rings. The number of Topliss-reactive ketones (excluding diaryl/α,β-unsaturated/α-hetero) is 1. The van der Waals surface area contributed by atoms with Crippen LogP contribution in [0.5, 0.6) is 0 Å². The highest BCUT2D eigenvalue weighted by Crippen LogP contribution is 2.28. The van der Waals surface area contributed by atoms with Crippen LogP contribution < -0.4 is 15.5 Å². The molecule has 2 aromatic heterocycles. The second-order valence-electron chi connectivity index (χ2n) is 11.1. The van der Waals surface area contributed by atoms with E-state index in [0.717, 1.165) is 54.2 Å². The van der Waals surface area contributed by atoms with Crippen molar-refractivity contribution >= 4 is 34.4 Å². The van der Waals surface area contributed by atoms with Gasteiger partial charge in [0, 0.05) is 68.9 Å². The van der Waals surface area contributed by atoms with E-state index in [1.807, 2.05) is 51.1 Å². The van der Waals surface area contributed by atoms with Crippen molar-refractivity contribution in [1.82, 2.24) is 24.8 Å².